The Morgan fingerprint density at radius 1 is 1.07 bits per heavy atom. The van der Waals surface area contributed by atoms with Crippen molar-refractivity contribution in [2.45, 2.75) is 12.8 Å². The number of aliphatic carboxylic acids is 2. The third kappa shape index (κ3) is 2.56. The molecule has 0 N–H and O–H groups in total. The molecule has 0 aliphatic rings. The van der Waals surface area contributed by atoms with E-state index in [-0.39, 0.29) is 0 Å². The lowest BCUT2D eigenvalue weighted by Crippen LogP contribution is -2.45. The van der Waals surface area contributed by atoms with Gasteiger partial charge in [-0.1, -0.05) is 37.3 Å². The van der Waals surface area contributed by atoms with E-state index in [1.807, 2.05) is 0 Å². The van der Waals surface area contributed by atoms with E-state index in [4.69, 9.17) is 0 Å². The van der Waals surface area contributed by atoms with Crippen LogP contribution < -0.4 is 10.2 Å². The van der Waals surface area contributed by atoms with Gasteiger partial charge in [-0.3, -0.25) is 0 Å². The monoisotopic (exact) mass is 206 g/mol. The summed E-state index contributed by atoms with van der Waals surface area (Å²) in [5, 5.41) is 21.2. The Bertz CT molecular complexity index is 344. The molecule has 1 atom stereocenters. The number of carbonyl (C=O) groups is 2. The van der Waals surface area contributed by atoms with Crippen molar-refractivity contribution in [1.29, 1.82) is 0 Å². The van der Waals surface area contributed by atoms with Gasteiger partial charge in [-0.25, -0.2) is 0 Å². The molecule has 4 heteroatoms. The number of carboxylic acids is 2. The van der Waals surface area contributed by atoms with Crippen LogP contribution in [0.4, 0.5) is 0 Å². The van der Waals surface area contributed by atoms with E-state index < -0.39 is 23.8 Å². The molecule has 0 saturated heterocycles. The van der Waals surface area contributed by atoms with Crippen LogP contribution in [0, 0.1) is 5.92 Å². The Kier molecular flexibility index (Phi) is 3.44. The third-order valence-electron chi connectivity index (χ3n) is 2.33. The predicted molar refractivity (Wildman–Crippen MR) is 48.4 cm³/mol. The minimum absolute atomic E-state index is 0.635. The van der Waals surface area contributed by atoms with Crippen molar-refractivity contribution in [3.05, 3.63) is 35.9 Å². The smallest absolute Gasteiger partial charge is 0.0507 e. The molecule has 0 radical (unpaired) electrons. The topological polar surface area (TPSA) is 80.3 Å². The molecule has 0 heterocycles. The van der Waals surface area contributed by atoms with Crippen molar-refractivity contribution < 1.29 is 19.8 Å². The van der Waals surface area contributed by atoms with Gasteiger partial charge in [0.2, 0.25) is 0 Å². The summed E-state index contributed by atoms with van der Waals surface area (Å²) in [5.74, 6) is -5.52. The highest BCUT2D eigenvalue weighted by atomic mass is 16.4. The van der Waals surface area contributed by atoms with Crippen LogP contribution in [0.2, 0.25) is 0 Å². The molecule has 15 heavy (non-hydrogen) atoms. The molecule has 0 aromatic heterocycles. The van der Waals surface area contributed by atoms with E-state index in [0.29, 0.717) is 5.56 Å². The van der Waals surface area contributed by atoms with Crippen LogP contribution in [-0.2, 0) is 9.59 Å². The quantitative estimate of drug-likeness (QED) is 0.586. The lowest BCUT2D eigenvalue weighted by molar-refractivity contribution is -0.332. The van der Waals surface area contributed by atoms with Crippen LogP contribution in [0.3, 0.4) is 0 Å². The van der Waals surface area contributed by atoms with E-state index in [1.165, 1.54) is 6.92 Å². The summed E-state index contributed by atoms with van der Waals surface area (Å²) in [6, 6.07) is 8.54. The molecular weight excluding hydrogens is 196 g/mol. The highest BCUT2D eigenvalue weighted by Gasteiger charge is 2.20. The molecule has 0 aliphatic heterocycles. The molecule has 4 nitrogen and oxygen atoms in total. The van der Waals surface area contributed by atoms with E-state index >= 15 is 0 Å². The normalized spacial score (nSPS) is 12.4. The zero-order valence-electron chi connectivity index (χ0n) is 8.17. The van der Waals surface area contributed by atoms with E-state index in [2.05, 4.69) is 0 Å². The minimum Gasteiger partial charge on any atom is -0.549 e. The standard InChI is InChI=1S/C11H12O4/c1-7(8-5-3-2-4-6-8)9(10(12)13)11(14)15/h2-7,9H,1H3,(H,12,13)(H,14,15)/p-2/t7-/m1/s1. The summed E-state index contributed by atoms with van der Waals surface area (Å²) in [6.07, 6.45) is 0. The van der Waals surface area contributed by atoms with Gasteiger partial charge in [-0.2, -0.15) is 0 Å². The molecule has 80 valence electrons. The Hall–Kier alpha value is -1.84. The first-order valence-corrected chi connectivity index (χ1v) is 4.50. The number of hydrogen-bond donors (Lipinski definition) is 0. The average Bonchev–Trinajstić information content (AvgIpc) is 2.18. The number of benzene rings is 1. The maximum atomic E-state index is 10.6. The second kappa shape index (κ2) is 4.59. The lowest BCUT2D eigenvalue weighted by Gasteiger charge is -2.25. The summed E-state index contributed by atoms with van der Waals surface area (Å²) < 4.78 is 0. The summed E-state index contributed by atoms with van der Waals surface area (Å²) >= 11 is 0. The SMILES string of the molecule is C[C@H](c1ccccc1)C(C(=O)[O-])C(=O)[O-]. The van der Waals surface area contributed by atoms with Crippen molar-refractivity contribution >= 4 is 11.9 Å². The number of hydrogen-bond acceptors (Lipinski definition) is 4. The highest BCUT2D eigenvalue weighted by molar-refractivity contribution is 5.91. The Labute approximate surface area is 87.2 Å². The maximum Gasteiger partial charge on any atom is 0.0507 e. The molecule has 1 aromatic rings. The van der Waals surface area contributed by atoms with Gasteiger partial charge in [0, 0.05) is 5.92 Å². The van der Waals surface area contributed by atoms with Gasteiger partial charge >= 0.3 is 0 Å². The van der Waals surface area contributed by atoms with Crippen LogP contribution in [0.25, 0.3) is 0 Å². The zero-order valence-corrected chi connectivity index (χ0v) is 8.17. The first-order valence-electron chi connectivity index (χ1n) is 4.50. The first kappa shape index (κ1) is 11.2. The van der Waals surface area contributed by atoms with Crippen molar-refractivity contribution in [2.24, 2.45) is 5.92 Å². The van der Waals surface area contributed by atoms with Gasteiger partial charge in [-0.15, -0.1) is 0 Å². The van der Waals surface area contributed by atoms with Gasteiger partial charge in [0.25, 0.3) is 0 Å². The molecule has 0 bridgehead atoms. The van der Waals surface area contributed by atoms with Crippen molar-refractivity contribution in [1.82, 2.24) is 0 Å². The fraction of sp³-hybridized carbons (Fsp3) is 0.273. The number of rotatable bonds is 4. The third-order valence-corrected chi connectivity index (χ3v) is 2.33. The van der Waals surface area contributed by atoms with Crippen molar-refractivity contribution in [3.8, 4) is 0 Å². The first-order chi connectivity index (χ1) is 7.04. The van der Waals surface area contributed by atoms with Crippen LogP contribution in [-0.4, -0.2) is 11.9 Å². The largest absolute Gasteiger partial charge is 0.549 e. The molecule has 0 spiro atoms. The fourth-order valence-corrected chi connectivity index (χ4v) is 1.45. The van der Waals surface area contributed by atoms with Crippen LogP contribution in [0.5, 0.6) is 0 Å². The molecule has 1 aromatic carbocycles. The Balaban J connectivity index is 2.96. The van der Waals surface area contributed by atoms with E-state index in [0.717, 1.165) is 0 Å². The molecule has 0 amide bonds. The predicted octanol–water partition coefficient (Wildman–Crippen LogP) is -1.09. The lowest BCUT2D eigenvalue weighted by atomic mass is 9.88. The van der Waals surface area contributed by atoms with Crippen molar-refractivity contribution in [3.63, 3.8) is 0 Å². The summed E-state index contributed by atoms with van der Waals surface area (Å²) in [7, 11) is 0. The molecule has 0 saturated carbocycles. The molecule has 0 aliphatic carbocycles. The van der Waals surface area contributed by atoms with Gasteiger partial charge in [-0.05, 0) is 11.5 Å². The van der Waals surface area contributed by atoms with Gasteiger partial charge < -0.3 is 19.8 Å². The zero-order chi connectivity index (χ0) is 11.4. The summed E-state index contributed by atoms with van der Waals surface area (Å²) in [6.45, 7) is 1.52. The van der Waals surface area contributed by atoms with Crippen LogP contribution in [0.15, 0.2) is 30.3 Å². The molecule has 0 fully saturated rings. The molecule has 0 unspecified atom stereocenters. The van der Waals surface area contributed by atoms with Crippen molar-refractivity contribution in [2.75, 3.05) is 0 Å². The number of carboxylic acid groups (broad SMARTS) is 2. The minimum atomic E-state index is -1.62. The van der Waals surface area contributed by atoms with Gasteiger partial charge in [0.15, 0.2) is 0 Å². The second-order valence-electron chi connectivity index (χ2n) is 3.32. The van der Waals surface area contributed by atoms with E-state index in [1.54, 1.807) is 30.3 Å². The van der Waals surface area contributed by atoms with Crippen LogP contribution in [0.1, 0.15) is 18.4 Å². The second-order valence-corrected chi connectivity index (χ2v) is 3.32. The molecule has 1 rings (SSSR count). The highest BCUT2D eigenvalue weighted by Crippen LogP contribution is 2.23. The maximum absolute atomic E-state index is 10.6. The van der Waals surface area contributed by atoms with E-state index in [9.17, 15) is 19.8 Å². The Morgan fingerprint density at radius 3 is 1.93 bits per heavy atom. The molecular formula is C11H10O4-2. The average molecular weight is 206 g/mol. The summed E-state index contributed by atoms with van der Waals surface area (Å²) in [5.41, 5.74) is 0.635. The van der Waals surface area contributed by atoms with Crippen LogP contribution >= 0.6 is 0 Å². The van der Waals surface area contributed by atoms with Gasteiger partial charge in [0.05, 0.1) is 11.9 Å². The van der Waals surface area contributed by atoms with Gasteiger partial charge in [0.1, 0.15) is 0 Å². The Morgan fingerprint density at radius 2 is 1.53 bits per heavy atom. The fourth-order valence-electron chi connectivity index (χ4n) is 1.45. The summed E-state index contributed by atoms with van der Waals surface area (Å²) in [4.78, 5) is 21.2. The number of carbonyl (C=O) groups excluding carboxylic acids is 2.